The number of nitrogens with zero attached hydrogens (tertiary/aromatic N) is 3. The van der Waals surface area contributed by atoms with Crippen LogP contribution < -0.4 is 41.6 Å². The Bertz CT molecular complexity index is 3060. The number of benzene rings is 2. The molecule has 2 aromatic heterocycles. The molecule has 4 aliphatic carbocycles. The maximum atomic E-state index is 15.3. The average Bonchev–Trinajstić information content (AvgIpc) is 4.10. The van der Waals surface area contributed by atoms with E-state index >= 15 is 4.39 Å². The number of amides is 2. The van der Waals surface area contributed by atoms with Crippen molar-refractivity contribution in [3.05, 3.63) is 73.6 Å². The quantitative estimate of drug-likeness (QED) is 0.107. The third-order valence-corrected chi connectivity index (χ3v) is 14.5. The van der Waals surface area contributed by atoms with E-state index < -0.39 is 123 Å². The number of fused-ring (bicyclic) bond motifs is 2. The monoisotopic (exact) mass is 1020 g/mol. The molecule has 0 radical (unpaired) electrons. The van der Waals surface area contributed by atoms with Gasteiger partial charge in [0, 0.05) is 55.8 Å². The molecule has 0 bridgehead atoms. The standard InChI is InChI=1S/C21H23F2N3O4.C14H9BF5NO4.C12H20N2O3/c1-20(24)8-25(9-21(20)3-4-21)16-13(23)5-10-15(18(16)30-2)26(14-6-12(14)22)7-11(17(10)27)19(28)29;1-24-13-10(18)8(17)2-5-11(13)21(9-3-7(9)16)4-6(12(5)22)14(23)25-15(19)20;1-10(2,3)17-9(16)14-11(4)7-13-8(15)12(11)5-6-12/h5,7,12,14H,3-4,6,8-9,24H2,1-2H3,(H,28,29);2,4,7,9H,3H2,1H3;5-7H2,1-4H3,(H,13,15)(H,14,16)/t12-,14+,20+;7-,9+;11-/m001/s1. The van der Waals surface area contributed by atoms with Gasteiger partial charge in [0.05, 0.1) is 59.1 Å². The Morgan fingerprint density at radius 1 is 0.833 bits per heavy atom. The number of ether oxygens (including phenoxy) is 3. The minimum Gasteiger partial charge on any atom is -0.492 e. The fourth-order valence-corrected chi connectivity index (χ4v) is 10.0. The second kappa shape index (κ2) is 17.9. The first-order valence-corrected chi connectivity index (χ1v) is 22.9. The molecule has 25 heteroatoms. The number of hydrogen-bond donors (Lipinski definition) is 4. The van der Waals surface area contributed by atoms with Crippen LogP contribution in [0.2, 0.25) is 0 Å². The van der Waals surface area contributed by atoms with Crippen molar-refractivity contribution in [1.82, 2.24) is 19.8 Å². The van der Waals surface area contributed by atoms with Crippen LogP contribution in [0.5, 0.6) is 11.5 Å². The van der Waals surface area contributed by atoms with Gasteiger partial charge in [-0.2, -0.15) is 4.39 Å². The van der Waals surface area contributed by atoms with Crippen LogP contribution in [-0.4, -0.2) is 109 Å². The van der Waals surface area contributed by atoms with Gasteiger partial charge in [0.25, 0.3) is 0 Å². The van der Waals surface area contributed by atoms with E-state index in [0.29, 0.717) is 25.7 Å². The van der Waals surface area contributed by atoms with Crippen molar-refractivity contribution in [2.75, 3.05) is 38.8 Å². The zero-order valence-electron chi connectivity index (χ0n) is 40.2. The second-order valence-electron chi connectivity index (χ2n) is 20.7. The van der Waals surface area contributed by atoms with Crippen LogP contribution in [0.25, 0.3) is 21.8 Å². The zero-order valence-corrected chi connectivity index (χ0v) is 40.2. The first-order chi connectivity index (χ1) is 33.5. The Kier molecular flexibility index (Phi) is 12.9. The largest absolute Gasteiger partial charge is 0.798 e. The number of methoxy groups -OCH3 is 2. The highest BCUT2D eigenvalue weighted by molar-refractivity contribution is 6.38. The lowest BCUT2D eigenvalue weighted by molar-refractivity contribution is -0.124. The predicted octanol–water partition coefficient (Wildman–Crippen LogP) is 6.28. The molecule has 2 saturated heterocycles. The molecule has 17 nitrogen and oxygen atoms in total. The summed E-state index contributed by atoms with van der Waals surface area (Å²) < 4.78 is 117. The number of nitrogens with two attached hydrogens (primary N) is 1. The number of carboxylic acid groups (broad SMARTS) is 1. The number of alkyl halides is 2. The summed E-state index contributed by atoms with van der Waals surface area (Å²) in [5.41, 5.74) is 1.26. The summed E-state index contributed by atoms with van der Waals surface area (Å²) in [6.07, 6.45) is 2.74. The molecule has 2 aromatic carbocycles. The van der Waals surface area contributed by atoms with Gasteiger partial charge in [0.2, 0.25) is 22.6 Å². The maximum Gasteiger partial charge on any atom is 0.798 e. The van der Waals surface area contributed by atoms with Gasteiger partial charge in [0.1, 0.15) is 34.8 Å². The van der Waals surface area contributed by atoms with Crippen LogP contribution in [0, 0.1) is 28.3 Å². The number of hydrogen-bond acceptors (Lipinski definition) is 12. The number of aromatic nitrogens is 2. The summed E-state index contributed by atoms with van der Waals surface area (Å²) in [5, 5.41) is 14.4. The van der Waals surface area contributed by atoms with Gasteiger partial charge in [-0.25, -0.2) is 40.6 Å². The zero-order chi connectivity index (χ0) is 52.9. The van der Waals surface area contributed by atoms with Crippen molar-refractivity contribution in [2.45, 2.75) is 114 Å². The summed E-state index contributed by atoms with van der Waals surface area (Å²) in [6.45, 7) is 10.8. The number of pyridine rings is 2. The van der Waals surface area contributed by atoms with Crippen molar-refractivity contribution >= 4 is 58.9 Å². The van der Waals surface area contributed by atoms with E-state index in [4.69, 9.17) is 19.9 Å². The normalized spacial score (nSPS) is 25.7. The number of anilines is 1. The van der Waals surface area contributed by atoms with Gasteiger partial charge >= 0.3 is 25.5 Å². The molecule has 4 aromatic rings. The topological polar surface area (TPSA) is 223 Å². The Balaban J connectivity index is 0.000000150. The highest BCUT2D eigenvalue weighted by atomic mass is 19.2. The minimum absolute atomic E-state index is 0.0105. The fraction of sp³-hybridized carbons (Fsp3) is 0.532. The number of carbonyl (C=O) groups excluding carboxylic acids is 3. The van der Waals surface area contributed by atoms with E-state index in [1.54, 1.807) is 0 Å². The van der Waals surface area contributed by atoms with Gasteiger partial charge in [-0.05, 0) is 72.4 Å². The first-order valence-electron chi connectivity index (χ1n) is 22.9. The number of halogens is 7. The van der Waals surface area contributed by atoms with Gasteiger partial charge in [0.15, 0.2) is 23.1 Å². The number of carbonyl (C=O) groups is 4. The third-order valence-electron chi connectivity index (χ3n) is 14.5. The number of aromatic carboxylic acids is 1. The third kappa shape index (κ3) is 9.05. The molecule has 388 valence electrons. The maximum absolute atomic E-state index is 15.3. The van der Waals surface area contributed by atoms with E-state index in [1.165, 1.54) is 11.7 Å². The Hall–Kier alpha value is -6.53. The lowest BCUT2D eigenvalue weighted by Crippen LogP contribution is -2.54. The van der Waals surface area contributed by atoms with Crippen LogP contribution in [-0.2, 0) is 14.2 Å². The molecule has 4 heterocycles. The smallest absolute Gasteiger partial charge is 0.492 e. The van der Waals surface area contributed by atoms with E-state index in [-0.39, 0.29) is 52.0 Å². The molecule has 6 atom stereocenters. The Morgan fingerprint density at radius 2 is 1.35 bits per heavy atom. The van der Waals surface area contributed by atoms with Gasteiger partial charge in [-0.3, -0.25) is 14.4 Å². The molecule has 6 aliphatic rings. The summed E-state index contributed by atoms with van der Waals surface area (Å²) in [4.78, 5) is 73.7. The minimum atomic E-state index is -3.48. The molecule has 2 amide bonds. The number of rotatable bonds is 9. The average molecular weight is 1020 g/mol. The SMILES string of the molecule is CC(C)(C)OC(=O)N[C@]1(C)CNC(=O)C12CC2.COc1c(F)c(F)cc2c(=O)c(C(=O)OB(F)F)cn([C@@H]3C[C@@H]3F)c12.COc1c(N2CC3(CC3)[C@](C)(N)C2)c(F)cc2c(=O)c(C(=O)O)cn([C@@H]3C[C@@H]3F)c12. The molecule has 2 spiro atoms. The van der Waals surface area contributed by atoms with Crippen LogP contribution in [0.3, 0.4) is 0 Å². The molecule has 0 unspecified atom stereocenters. The molecule has 6 fully saturated rings. The Labute approximate surface area is 406 Å². The van der Waals surface area contributed by atoms with Crippen LogP contribution in [0.4, 0.5) is 41.1 Å². The van der Waals surface area contributed by atoms with Crippen molar-refractivity contribution in [2.24, 2.45) is 16.6 Å². The molecular weight excluding hydrogens is 968 g/mol. The van der Waals surface area contributed by atoms with Gasteiger partial charge in [-0.1, -0.05) is 0 Å². The second-order valence-corrected chi connectivity index (χ2v) is 20.7. The summed E-state index contributed by atoms with van der Waals surface area (Å²) in [6, 6.07) is 0.0483. The molecule has 10 rings (SSSR count). The van der Waals surface area contributed by atoms with Crippen LogP contribution >= 0.6 is 0 Å². The molecule has 4 saturated carbocycles. The van der Waals surface area contributed by atoms with Crippen molar-refractivity contribution in [1.29, 1.82) is 0 Å². The fourth-order valence-electron chi connectivity index (χ4n) is 10.0. The summed E-state index contributed by atoms with van der Waals surface area (Å²) >= 11 is 0. The molecule has 72 heavy (non-hydrogen) atoms. The van der Waals surface area contributed by atoms with Crippen LogP contribution in [0.1, 0.15) is 106 Å². The number of carboxylic acids is 1. The van der Waals surface area contributed by atoms with E-state index in [2.05, 4.69) is 15.3 Å². The van der Waals surface area contributed by atoms with Crippen molar-refractivity contribution in [3.63, 3.8) is 0 Å². The molecular formula is C47H52BF7N6O11. The van der Waals surface area contributed by atoms with Gasteiger partial charge in [-0.15, -0.1) is 0 Å². The lowest BCUT2D eigenvalue weighted by atomic mass is 9.85. The number of nitrogens with one attached hydrogen (secondary N) is 2. The van der Waals surface area contributed by atoms with Gasteiger partial charge < -0.3 is 54.4 Å². The van der Waals surface area contributed by atoms with Crippen LogP contribution in [0.15, 0.2) is 34.1 Å². The van der Waals surface area contributed by atoms with E-state index in [9.17, 15) is 60.1 Å². The Morgan fingerprint density at radius 3 is 1.81 bits per heavy atom. The predicted molar refractivity (Wildman–Crippen MR) is 246 cm³/mol. The summed E-state index contributed by atoms with van der Waals surface area (Å²) in [5.74, 6) is -7.13. The lowest BCUT2D eigenvalue weighted by Gasteiger charge is -2.31. The number of alkyl carbamates (subject to hydrolysis) is 1. The first kappa shape index (κ1) is 51.8. The van der Waals surface area contributed by atoms with E-state index in [0.717, 1.165) is 55.8 Å². The highest BCUT2D eigenvalue weighted by Crippen LogP contribution is 2.59. The summed E-state index contributed by atoms with van der Waals surface area (Å²) in [7, 11) is -1.10. The van der Waals surface area contributed by atoms with Crippen molar-refractivity contribution in [3.8, 4) is 11.5 Å². The molecule has 5 N–H and O–H groups in total. The van der Waals surface area contributed by atoms with Crippen molar-refractivity contribution < 1.29 is 73.7 Å². The van der Waals surface area contributed by atoms with E-state index in [1.807, 2.05) is 39.5 Å². The molecule has 2 aliphatic heterocycles. The highest BCUT2D eigenvalue weighted by Gasteiger charge is 2.67.